The Balaban J connectivity index is 2.07. The first-order chi connectivity index (χ1) is 9.88. The third kappa shape index (κ3) is 3.81. The molecule has 0 saturated heterocycles. The topological polar surface area (TPSA) is 42.0 Å². The minimum atomic E-state index is -4.40. The van der Waals surface area contributed by atoms with Crippen LogP contribution in [0.15, 0.2) is 48.8 Å². The predicted molar refractivity (Wildman–Crippen MR) is 71.6 cm³/mol. The molecule has 0 aliphatic heterocycles. The molecule has 0 saturated carbocycles. The number of hydrogen-bond donors (Lipinski definition) is 1. The Morgan fingerprint density at radius 2 is 1.67 bits per heavy atom. The van der Waals surface area contributed by atoms with Crippen LogP contribution in [-0.4, -0.2) is 10.9 Å². The second-order valence-electron chi connectivity index (χ2n) is 4.55. The monoisotopic (exact) mass is 294 g/mol. The molecule has 2 rings (SSSR count). The Bertz CT molecular complexity index is 609. The summed E-state index contributed by atoms with van der Waals surface area (Å²) >= 11 is 0. The van der Waals surface area contributed by atoms with Crippen LogP contribution in [0.5, 0.6) is 0 Å². The van der Waals surface area contributed by atoms with Crippen LogP contribution in [-0.2, 0) is 6.18 Å². The molecule has 0 aliphatic rings. The Morgan fingerprint density at radius 1 is 1.10 bits per heavy atom. The summed E-state index contributed by atoms with van der Waals surface area (Å²) in [7, 11) is 0. The van der Waals surface area contributed by atoms with Crippen LogP contribution in [0.25, 0.3) is 0 Å². The van der Waals surface area contributed by atoms with Gasteiger partial charge >= 0.3 is 6.18 Å². The van der Waals surface area contributed by atoms with E-state index < -0.39 is 17.6 Å². The van der Waals surface area contributed by atoms with Crippen LogP contribution in [0.2, 0.25) is 0 Å². The van der Waals surface area contributed by atoms with Gasteiger partial charge in [-0.25, -0.2) is 0 Å². The standard InChI is InChI=1S/C15H13F3N2O/c1-10(11-6-8-19-9-7-11)20-14(21)12-2-4-13(5-3-12)15(16,17)18/h2-10H,1H3,(H,20,21). The third-order valence-electron chi connectivity index (χ3n) is 3.03. The summed E-state index contributed by atoms with van der Waals surface area (Å²) in [6.07, 6.45) is -1.19. The molecule has 0 fully saturated rings. The molecule has 3 nitrogen and oxygen atoms in total. The van der Waals surface area contributed by atoms with E-state index in [2.05, 4.69) is 10.3 Å². The lowest BCUT2D eigenvalue weighted by atomic mass is 10.1. The molecule has 1 heterocycles. The average molecular weight is 294 g/mol. The molecule has 6 heteroatoms. The van der Waals surface area contributed by atoms with Crippen molar-refractivity contribution in [2.24, 2.45) is 0 Å². The number of carbonyl (C=O) groups excluding carboxylic acids is 1. The Morgan fingerprint density at radius 3 is 2.19 bits per heavy atom. The van der Waals surface area contributed by atoms with Gasteiger partial charge in [-0.3, -0.25) is 9.78 Å². The number of carbonyl (C=O) groups is 1. The molecule has 21 heavy (non-hydrogen) atoms. The highest BCUT2D eigenvalue weighted by Crippen LogP contribution is 2.29. The molecule has 0 aliphatic carbocycles. The quantitative estimate of drug-likeness (QED) is 0.940. The van der Waals surface area contributed by atoms with E-state index in [0.717, 1.165) is 29.8 Å². The van der Waals surface area contributed by atoms with Crippen molar-refractivity contribution in [3.63, 3.8) is 0 Å². The molecule has 1 aromatic heterocycles. The lowest BCUT2D eigenvalue weighted by Gasteiger charge is -2.14. The minimum absolute atomic E-state index is 0.184. The highest BCUT2D eigenvalue weighted by molar-refractivity contribution is 5.94. The summed E-state index contributed by atoms with van der Waals surface area (Å²) in [5, 5.41) is 2.72. The number of hydrogen-bond acceptors (Lipinski definition) is 2. The molecule has 1 amide bonds. The van der Waals surface area contributed by atoms with E-state index in [1.54, 1.807) is 31.5 Å². The Hall–Kier alpha value is -2.37. The van der Waals surface area contributed by atoms with Gasteiger partial charge in [0.2, 0.25) is 0 Å². The summed E-state index contributed by atoms with van der Waals surface area (Å²) < 4.78 is 37.3. The van der Waals surface area contributed by atoms with Crippen LogP contribution >= 0.6 is 0 Å². The molecule has 110 valence electrons. The number of alkyl halides is 3. The molecular formula is C15H13F3N2O. The first kappa shape index (κ1) is 15.0. The first-order valence-corrected chi connectivity index (χ1v) is 6.26. The van der Waals surface area contributed by atoms with Crippen molar-refractivity contribution >= 4 is 5.91 Å². The fraction of sp³-hybridized carbons (Fsp3) is 0.200. The van der Waals surface area contributed by atoms with Gasteiger partial charge in [-0.15, -0.1) is 0 Å². The summed E-state index contributed by atoms with van der Waals surface area (Å²) in [4.78, 5) is 15.9. The lowest BCUT2D eigenvalue weighted by Crippen LogP contribution is -2.26. The van der Waals surface area contributed by atoms with Gasteiger partial charge in [-0.05, 0) is 48.9 Å². The van der Waals surface area contributed by atoms with E-state index in [0.29, 0.717) is 0 Å². The van der Waals surface area contributed by atoms with Crippen LogP contribution < -0.4 is 5.32 Å². The zero-order chi connectivity index (χ0) is 15.5. The van der Waals surface area contributed by atoms with E-state index in [1.807, 2.05) is 0 Å². The number of pyridine rings is 1. The molecule has 1 unspecified atom stereocenters. The maximum absolute atomic E-state index is 12.4. The van der Waals surface area contributed by atoms with Crippen molar-refractivity contribution < 1.29 is 18.0 Å². The highest BCUT2D eigenvalue weighted by Gasteiger charge is 2.30. The number of halogens is 3. The number of amides is 1. The molecular weight excluding hydrogens is 281 g/mol. The summed E-state index contributed by atoms with van der Waals surface area (Å²) in [5.41, 5.74) is 0.274. The molecule has 0 bridgehead atoms. The van der Waals surface area contributed by atoms with Gasteiger partial charge in [0.25, 0.3) is 5.91 Å². The minimum Gasteiger partial charge on any atom is -0.346 e. The number of aromatic nitrogens is 1. The zero-order valence-electron chi connectivity index (χ0n) is 11.2. The second kappa shape index (κ2) is 5.95. The van der Waals surface area contributed by atoms with Crippen molar-refractivity contribution in [3.8, 4) is 0 Å². The Labute approximate surface area is 119 Å². The van der Waals surface area contributed by atoms with Crippen molar-refractivity contribution in [1.82, 2.24) is 10.3 Å². The Kier molecular flexibility index (Phi) is 4.26. The van der Waals surface area contributed by atoms with Crippen molar-refractivity contribution in [2.45, 2.75) is 19.1 Å². The number of benzene rings is 1. The maximum atomic E-state index is 12.4. The van der Waals surface area contributed by atoms with Crippen molar-refractivity contribution in [1.29, 1.82) is 0 Å². The molecule has 0 radical (unpaired) electrons. The van der Waals surface area contributed by atoms with Gasteiger partial charge in [-0.2, -0.15) is 13.2 Å². The van der Waals surface area contributed by atoms with Gasteiger partial charge in [0.15, 0.2) is 0 Å². The lowest BCUT2D eigenvalue weighted by molar-refractivity contribution is -0.137. The highest BCUT2D eigenvalue weighted by atomic mass is 19.4. The molecule has 0 spiro atoms. The second-order valence-corrected chi connectivity index (χ2v) is 4.55. The number of nitrogens with zero attached hydrogens (tertiary/aromatic N) is 1. The normalized spacial score (nSPS) is 12.8. The summed E-state index contributed by atoms with van der Waals surface area (Å²) in [5.74, 6) is -0.423. The number of nitrogens with one attached hydrogen (secondary N) is 1. The maximum Gasteiger partial charge on any atom is 0.416 e. The fourth-order valence-electron chi connectivity index (χ4n) is 1.83. The summed E-state index contributed by atoms with van der Waals surface area (Å²) in [6.45, 7) is 1.79. The summed E-state index contributed by atoms with van der Waals surface area (Å²) in [6, 6.07) is 7.38. The molecule has 1 N–H and O–H groups in total. The van der Waals surface area contributed by atoms with Gasteiger partial charge in [0, 0.05) is 18.0 Å². The average Bonchev–Trinajstić information content (AvgIpc) is 2.47. The van der Waals surface area contributed by atoms with E-state index in [9.17, 15) is 18.0 Å². The smallest absolute Gasteiger partial charge is 0.346 e. The van der Waals surface area contributed by atoms with E-state index in [-0.39, 0.29) is 11.6 Å². The van der Waals surface area contributed by atoms with Gasteiger partial charge in [0.05, 0.1) is 11.6 Å². The van der Waals surface area contributed by atoms with Crippen LogP contribution in [0.4, 0.5) is 13.2 Å². The number of rotatable bonds is 3. The van der Waals surface area contributed by atoms with E-state index >= 15 is 0 Å². The van der Waals surface area contributed by atoms with Crippen molar-refractivity contribution in [2.75, 3.05) is 0 Å². The van der Waals surface area contributed by atoms with Gasteiger partial charge in [-0.1, -0.05) is 0 Å². The molecule has 1 aromatic carbocycles. The van der Waals surface area contributed by atoms with Gasteiger partial charge < -0.3 is 5.32 Å². The van der Waals surface area contributed by atoms with Crippen LogP contribution in [0.3, 0.4) is 0 Å². The van der Waals surface area contributed by atoms with Crippen LogP contribution in [0, 0.1) is 0 Å². The SMILES string of the molecule is CC(NC(=O)c1ccc(C(F)(F)F)cc1)c1ccncc1. The van der Waals surface area contributed by atoms with Crippen LogP contribution in [0.1, 0.15) is 34.5 Å². The predicted octanol–water partition coefficient (Wildman–Crippen LogP) is 3.59. The molecule has 1 atom stereocenters. The van der Waals surface area contributed by atoms with Crippen molar-refractivity contribution in [3.05, 3.63) is 65.5 Å². The third-order valence-corrected chi connectivity index (χ3v) is 3.03. The zero-order valence-corrected chi connectivity index (χ0v) is 11.2. The van der Waals surface area contributed by atoms with E-state index in [4.69, 9.17) is 0 Å². The first-order valence-electron chi connectivity index (χ1n) is 6.26. The van der Waals surface area contributed by atoms with E-state index in [1.165, 1.54) is 0 Å². The van der Waals surface area contributed by atoms with Gasteiger partial charge in [0.1, 0.15) is 0 Å². The molecule has 2 aromatic rings. The fourth-order valence-corrected chi connectivity index (χ4v) is 1.83. The largest absolute Gasteiger partial charge is 0.416 e.